The zero-order valence-corrected chi connectivity index (χ0v) is 9.28. The van der Waals surface area contributed by atoms with E-state index in [2.05, 4.69) is 11.9 Å². The first kappa shape index (κ1) is 10.2. The minimum absolute atomic E-state index is 0.309. The fourth-order valence-electron chi connectivity index (χ4n) is 1.55. The summed E-state index contributed by atoms with van der Waals surface area (Å²) < 4.78 is 0. The van der Waals surface area contributed by atoms with E-state index in [0.717, 1.165) is 10.7 Å². The van der Waals surface area contributed by atoms with Gasteiger partial charge in [0.1, 0.15) is 0 Å². The molecule has 1 nitrogen and oxygen atoms in total. The molecular weight excluding hydrogens is 206 g/mol. The van der Waals surface area contributed by atoms with Crippen LogP contribution < -0.4 is 0 Å². The summed E-state index contributed by atoms with van der Waals surface area (Å²) >= 11 is 5.85. The smallest absolute Gasteiger partial charge is 0.0475 e. The molecule has 1 heterocycles. The Morgan fingerprint density at radius 2 is 1.80 bits per heavy atom. The SMILES string of the molecule is CC(c1ccc(Cl)cc1)c1ccccn1. The van der Waals surface area contributed by atoms with Crippen LogP contribution in [0.4, 0.5) is 0 Å². The van der Waals surface area contributed by atoms with Crippen LogP contribution in [0.3, 0.4) is 0 Å². The molecule has 1 unspecified atom stereocenters. The minimum Gasteiger partial charge on any atom is -0.261 e. The van der Waals surface area contributed by atoms with Crippen molar-refractivity contribution in [3.05, 3.63) is 64.9 Å². The van der Waals surface area contributed by atoms with Crippen LogP contribution in [0.5, 0.6) is 0 Å². The second-order valence-electron chi connectivity index (χ2n) is 3.53. The second-order valence-corrected chi connectivity index (χ2v) is 3.96. The van der Waals surface area contributed by atoms with Crippen LogP contribution in [0.15, 0.2) is 48.7 Å². The van der Waals surface area contributed by atoms with Gasteiger partial charge >= 0.3 is 0 Å². The maximum atomic E-state index is 5.85. The lowest BCUT2D eigenvalue weighted by Gasteiger charge is -2.10. The molecule has 1 atom stereocenters. The normalized spacial score (nSPS) is 12.4. The number of rotatable bonds is 2. The Hall–Kier alpha value is -1.34. The molecule has 1 aromatic carbocycles. The average molecular weight is 218 g/mol. The lowest BCUT2D eigenvalue weighted by Crippen LogP contribution is -1.97. The third-order valence-electron chi connectivity index (χ3n) is 2.50. The molecule has 0 aliphatic carbocycles. The highest BCUT2D eigenvalue weighted by Crippen LogP contribution is 2.23. The van der Waals surface area contributed by atoms with Gasteiger partial charge in [0.15, 0.2) is 0 Å². The van der Waals surface area contributed by atoms with Gasteiger partial charge in [0.2, 0.25) is 0 Å². The fourth-order valence-corrected chi connectivity index (χ4v) is 1.68. The van der Waals surface area contributed by atoms with Crippen molar-refractivity contribution in [2.24, 2.45) is 0 Å². The first-order valence-corrected chi connectivity index (χ1v) is 5.31. The third-order valence-corrected chi connectivity index (χ3v) is 2.75. The van der Waals surface area contributed by atoms with Gasteiger partial charge in [-0.25, -0.2) is 0 Å². The molecule has 0 aliphatic heterocycles. The number of pyridine rings is 1. The first-order chi connectivity index (χ1) is 7.27. The molecule has 76 valence electrons. The summed E-state index contributed by atoms with van der Waals surface area (Å²) in [7, 11) is 0. The molecule has 1 aromatic heterocycles. The van der Waals surface area contributed by atoms with Crippen LogP contribution in [0.25, 0.3) is 0 Å². The molecule has 15 heavy (non-hydrogen) atoms. The lowest BCUT2D eigenvalue weighted by atomic mass is 9.97. The molecule has 0 spiro atoms. The number of hydrogen-bond acceptors (Lipinski definition) is 1. The zero-order chi connectivity index (χ0) is 10.7. The molecular formula is C13H12ClN. The van der Waals surface area contributed by atoms with Gasteiger partial charge in [-0.05, 0) is 29.8 Å². The standard InChI is InChI=1S/C13H12ClN/c1-10(13-4-2-3-9-15-13)11-5-7-12(14)8-6-11/h2-10H,1H3. The van der Waals surface area contributed by atoms with E-state index in [1.807, 2.05) is 48.7 Å². The summed E-state index contributed by atoms with van der Waals surface area (Å²) in [5, 5.41) is 0.770. The second kappa shape index (κ2) is 4.45. The summed E-state index contributed by atoms with van der Waals surface area (Å²) in [6.07, 6.45) is 1.82. The highest BCUT2D eigenvalue weighted by molar-refractivity contribution is 6.30. The van der Waals surface area contributed by atoms with Crippen LogP contribution in [-0.2, 0) is 0 Å². The van der Waals surface area contributed by atoms with E-state index in [9.17, 15) is 0 Å². The highest BCUT2D eigenvalue weighted by Gasteiger charge is 2.08. The van der Waals surface area contributed by atoms with E-state index < -0.39 is 0 Å². The van der Waals surface area contributed by atoms with Gasteiger partial charge in [-0.3, -0.25) is 4.98 Å². The Labute approximate surface area is 94.7 Å². The number of nitrogens with zero attached hydrogens (tertiary/aromatic N) is 1. The number of aromatic nitrogens is 1. The Balaban J connectivity index is 2.29. The van der Waals surface area contributed by atoms with Crippen molar-refractivity contribution < 1.29 is 0 Å². The van der Waals surface area contributed by atoms with Crippen LogP contribution in [-0.4, -0.2) is 4.98 Å². The quantitative estimate of drug-likeness (QED) is 0.744. The molecule has 0 aliphatic rings. The highest BCUT2D eigenvalue weighted by atomic mass is 35.5. The van der Waals surface area contributed by atoms with Gasteiger partial charge in [-0.15, -0.1) is 0 Å². The number of benzene rings is 1. The fraction of sp³-hybridized carbons (Fsp3) is 0.154. The molecule has 2 aromatic rings. The molecule has 2 heteroatoms. The molecule has 0 bridgehead atoms. The van der Waals surface area contributed by atoms with Gasteiger partial charge < -0.3 is 0 Å². The van der Waals surface area contributed by atoms with Crippen LogP contribution in [0.1, 0.15) is 24.1 Å². The van der Waals surface area contributed by atoms with Gasteiger partial charge in [0.05, 0.1) is 0 Å². The van der Waals surface area contributed by atoms with Crippen molar-refractivity contribution >= 4 is 11.6 Å². The molecule has 0 radical (unpaired) electrons. The van der Waals surface area contributed by atoms with E-state index in [0.29, 0.717) is 5.92 Å². The van der Waals surface area contributed by atoms with Crippen molar-refractivity contribution in [3.63, 3.8) is 0 Å². The first-order valence-electron chi connectivity index (χ1n) is 4.94. The Morgan fingerprint density at radius 3 is 2.40 bits per heavy atom. The minimum atomic E-state index is 0.309. The van der Waals surface area contributed by atoms with Crippen molar-refractivity contribution in [1.82, 2.24) is 4.98 Å². The third kappa shape index (κ3) is 2.37. The lowest BCUT2D eigenvalue weighted by molar-refractivity contribution is 0.871. The number of hydrogen-bond donors (Lipinski definition) is 0. The predicted octanol–water partition coefficient (Wildman–Crippen LogP) is 3.89. The summed E-state index contributed by atoms with van der Waals surface area (Å²) in [5.74, 6) is 0.309. The van der Waals surface area contributed by atoms with Gasteiger partial charge in [0, 0.05) is 22.8 Å². The maximum Gasteiger partial charge on any atom is 0.0475 e. The summed E-state index contributed by atoms with van der Waals surface area (Å²) in [5.41, 5.74) is 2.32. The Morgan fingerprint density at radius 1 is 1.07 bits per heavy atom. The van der Waals surface area contributed by atoms with E-state index in [-0.39, 0.29) is 0 Å². The van der Waals surface area contributed by atoms with E-state index >= 15 is 0 Å². The Bertz CT molecular complexity index is 422. The van der Waals surface area contributed by atoms with Crippen LogP contribution in [0.2, 0.25) is 5.02 Å². The zero-order valence-electron chi connectivity index (χ0n) is 8.52. The molecule has 0 N–H and O–H groups in total. The molecule has 2 rings (SSSR count). The monoisotopic (exact) mass is 217 g/mol. The van der Waals surface area contributed by atoms with Crippen molar-refractivity contribution in [2.75, 3.05) is 0 Å². The summed E-state index contributed by atoms with van der Waals surface area (Å²) in [6, 6.07) is 13.9. The van der Waals surface area contributed by atoms with Crippen molar-refractivity contribution in [2.45, 2.75) is 12.8 Å². The average Bonchev–Trinajstić information content (AvgIpc) is 2.30. The van der Waals surface area contributed by atoms with Crippen molar-refractivity contribution in [1.29, 1.82) is 0 Å². The van der Waals surface area contributed by atoms with E-state index in [1.54, 1.807) is 0 Å². The maximum absolute atomic E-state index is 5.85. The Kier molecular flexibility index (Phi) is 3.02. The van der Waals surface area contributed by atoms with Crippen molar-refractivity contribution in [3.8, 4) is 0 Å². The number of halogens is 1. The summed E-state index contributed by atoms with van der Waals surface area (Å²) in [4.78, 5) is 4.34. The largest absolute Gasteiger partial charge is 0.261 e. The molecule has 0 fully saturated rings. The van der Waals surface area contributed by atoms with Gasteiger partial charge in [-0.2, -0.15) is 0 Å². The molecule has 0 saturated heterocycles. The molecule has 0 amide bonds. The van der Waals surface area contributed by atoms with Gasteiger partial charge in [0.25, 0.3) is 0 Å². The topological polar surface area (TPSA) is 12.9 Å². The van der Waals surface area contributed by atoms with Gasteiger partial charge in [-0.1, -0.05) is 36.7 Å². The molecule has 0 saturated carbocycles. The predicted molar refractivity (Wildman–Crippen MR) is 63.2 cm³/mol. The summed E-state index contributed by atoms with van der Waals surface area (Å²) in [6.45, 7) is 2.14. The van der Waals surface area contributed by atoms with E-state index in [1.165, 1.54) is 5.56 Å². The van der Waals surface area contributed by atoms with E-state index in [4.69, 9.17) is 11.6 Å². The van der Waals surface area contributed by atoms with Crippen LogP contribution in [0, 0.1) is 0 Å². The van der Waals surface area contributed by atoms with Crippen LogP contribution >= 0.6 is 11.6 Å².